The predicted molar refractivity (Wildman–Crippen MR) is 78.0 cm³/mol. The summed E-state index contributed by atoms with van der Waals surface area (Å²) in [4.78, 5) is 5.63. The lowest BCUT2D eigenvalue weighted by atomic mass is 10.4. The fourth-order valence-electron chi connectivity index (χ4n) is 1.79. The number of hydrogen-bond donors (Lipinski definition) is 0. The van der Waals surface area contributed by atoms with Gasteiger partial charge in [-0.2, -0.15) is 4.31 Å². The third kappa shape index (κ3) is 5.31. The summed E-state index contributed by atoms with van der Waals surface area (Å²) in [6.45, 7) is 1.45. The number of rotatable bonds is 9. The molecule has 0 saturated heterocycles. The molecule has 0 amide bonds. The van der Waals surface area contributed by atoms with E-state index in [9.17, 15) is 12.8 Å². The molecule has 1 aromatic heterocycles. The maximum Gasteiger partial charge on any atom is 0.263 e. The Balaban J connectivity index is 2.92. The van der Waals surface area contributed by atoms with Crippen LogP contribution in [0.3, 0.4) is 0 Å². The molecule has 1 rings (SSSR count). The van der Waals surface area contributed by atoms with Crippen molar-refractivity contribution in [3.63, 3.8) is 0 Å². The summed E-state index contributed by atoms with van der Waals surface area (Å²) in [6.07, 6.45) is 1.91. The molecule has 1 aromatic rings. The van der Waals surface area contributed by atoms with E-state index in [1.807, 2.05) is 19.0 Å². The van der Waals surface area contributed by atoms with Crippen molar-refractivity contribution < 1.29 is 17.5 Å². The molecule has 21 heavy (non-hydrogen) atoms. The van der Waals surface area contributed by atoms with Crippen molar-refractivity contribution in [2.75, 3.05) is 47.4 Å². The van der Waals surface area contributed by atoms with Gasteiger partial charge < -0.3 is 9.64 Å². The Morgan fingerprint density at radius 3 is 2.57 bits per heavy atom. The van der Waals surface area contributed by atoms with Gasteiger partial charge in [-0.1, -0.05) is 0 Å². The zero-order valence-corrected chi connectivity index (χ0v) is 13.4. The number of aromatic nitrogens is 1. The lowest BCUT2D eigenvalue weighted by molar-refractivity contribution is 0.177. The maximum atomic E-state index is 13.7. The maximum absolute atomic E-state index is 13.7. The summed E-state index contributed by atoms with van der Waals surface area (Å²) in [5.41, 5.74) is 0. The second-order valence-corrected chi connectivity index (χ2v) is 6.70. The van der Waals surface area contributed by atoms with Gasteiger partial charge in [-0.3, -0.25) is 0 Å². The molecule has 0 aliphatic heterocycles. The largest absolute Gasteiger partial charge is 0.383 e. The summed E-state index contributed by atoms with van der Waals surface area (Å²) in [5.74, 6) is -0.840. The molecule has 0 atom stereocenters. The highest BCUT2D eigenvalue weighted by molar-refractivity contribution is 7.89. The molecular formula is C13H22FN3O3S. The molecule has 0 radical (unpaired) electrons. The fraction of sp³-hybridized carbons (Fsp3) is 0.615. The summed E-state index contributed by atoms with van der Waals surface area (Å²) >= 11 is 0. The Morgan fingerprint density at radius 1 is 1.29 bits per heavy atom. The molecule has 0 aliphatic carbocycles. The van der Waals surface area contributed by atoms with Crippen LogP contribution in [-0.4, -0.2) is 70.1 Å². The first-order valence-corrected chi connectivity index (χ1v) is 8.08. The van der Waals surface area contributed by atoms with Gasteiger partial charge in [0.1, 0.15) is 0 Å². The number of methoxy groups -OCH3 is 1. The topological polar surface area (TPSA) is 62.7 Å². The lowest BCUT2D eigenvalue weighted by Crippen LogP contribution is -2.36. The molecule has 0 unspecified atom stereocenters. The van der Waals surface area contributed by atoms with E-state index in [0.29, 0.717) is 13.0 Å². The monoisotopic (exact) mass is 319 g/mol. The van der Waals surface area contributed by atoms with Crippen LogP contribution in [0.25, 0.3) is 0 Å². The highest BCUT2D eigenvalue weighted by Crippen LogP contribution is 2.16. The SMILES string of the molecule is COCCN(CCCN(C)C)S(=O)(=O)c1ncccc1F. The van der Waals surface area contributed by atoms with Gasteiger partial charge in [0.15, 0.2) is 5.82 Å². The zero-order valence-electron chi connectivity index (χ0n) is 12.6. The van der Waals surface area contributed by atoms with Crippen LogP contribution in [0.15, 0.2) is 23.4 Å². The van der Waals surface area contributed by atoms with Gasteiger partial charge in [-0.25, -0.2) is 17.8 Å². The van der Waals surface area contributed by atoms with Crippen molar-refractivity contribution in [2.24, 2.45) is 0 Å². The minimum Gasteiger partial charge on any atom is -0.383 e. The van der Waals surface area contributed by atoms with Crippen LogP contribution in [0, 0.1) is 5.82 Å². The second-order valence-electron chi connectivity index (χ2n) is 4.84. The summed E-state index contributed by atoms with van der Waals surface area (Å²) in [6, 6.07) is 2.45. The molecule has 0 bridgehead atoms. The Bertz CT molecular complexity index is 537. The van der Waals surface area contributed by atoms with Crippen molar-refractivity contribution in [2.45, 2.75) is 11.4 Å². The van der Waals surface area contributed by atoms with Gasteiger partial charge in [0.05, 0.1) is 6.61 Å². The average Bonchev–Trinajstić information content (AvgIpc) is 2.42. The lowest BCUT2D eigenvalue weighted by Gasteiger charge is -2.22. The van der Waals surface area contributed by atoms with E-state index in [1.54, 1.807) is 0 Å². The van der Waals surface area contributed by atoms with Crippen LogP contribution in [0.5, 0.6) is 0 Å². The van der Waals surface area contributed by atoms with Gasteiger partial charge in [-0.05, 0) is 39.2 Å². The number of pyridine rings is 1. The first kappa shape index (κ1) is 18.0. The highest BCUT2D eigenvalue weighted by Gasteiger charge is 2.28. The summed E-state index contributed by atoms with van der Waals surface area (Å²) in [5, 5.41) is -0.536. The number of halogens is 1. The van der Waals surface area contributed by atoms with Crippen LogP contribution in [0.2, 0.25) is 0 Å². The van der Waals surface area contributed by atoms with Crippen molar-refractivity contribution >= 4 is 10.0 Å². The normalized spacial score (nSPS) is 12.3. The zero-order chi connectivity index (χ0) is 15.9. The van der Waals surface area contributed by atoms with Crippen LogP contribution in [0.1, 0.15) is 6.42 Å². The second kappa shape index (κ2) is 8.38. The van der Waals surface area contributed by atoms with Crippen LogP contribution >= 0.6 is 0 Å². The van der Waals surface area contributed by atoms with Gasteiger partial charge in [-0.15, -0.1) is 0 Å². The number of nitrogens with zero attached hydrogens (tertiary/aromatic N) is 3. The molecule has 8 heteroatoms. The van der Waals surface area contributed by atoms with E-state index in [0.717, 1.165) is 12.6 Å². The van der Waals surface area contributed by atoms with Crippen molar-refractivity contribution in [1.82, 2.24) is 14.2 Å². The molecular weight excluding hydrogens is 297 g/mol. The van der Waals surface area contributed by atoms with Crippen molar-refractivity contribution in [3.05, 3.63) is 24.1 Å². The molecule has 1 heterocycles. The van der Waals surface area contributed by atoms with Crippen molar-refractivity contribution in [3.8, 4) is 0 Å². The third-order valence-electron chi connectivity index (χ3n) is 2.87. The Kier molecular flexibility index (Phi) is 7.16. The number of sulfonamides is 1. The number of hydrogen-bond acceptors (Lipinski definition) is 5. The molecule has 0 spiro atoms. The molecule has 0 saturated carbocycles. The standard InChI is InChI=1S/C13H22FN3O3S/c1-16(2)8-5-9-17(10-11-20-3)21(18,19)13-12(14)6-4-7-15-13/h4,6-7H,5,8-11H2,1-3H3. The van der Waals surface area contributed by atoms with E-state index in [1.165, 1.54) is 23.7 Å². The van der Waals surface area contributed by atoms with E-state index >= 15 is 0 Å². The van der Waals surface area contributed by atoms with Gasteiger partial charge in [0.25, 0.3) is 10.0 Å². The summed E-state index contributed by atoms with van der Waals surface area (Å²) < 4.78 is 44.8. The first-order valence-electron chi connectivity index (χ1n) is 6.64. The average molecular weight is 319 g/mol. The first-order chi connectivity index (χ1) is 9.89. The molecule has 0 aromatic carbocycles. The Hall–Kier alpha value is -1.09. The minimum atomic E-state index is -3.95. The van der Waals surface area contributed by atoms with Crippen LogP contribution in [-0.2, 0) is 14.8 Å². The molecule has 0 aliphatic rings. The molecule has 6 nitrogen and oxygen atoms in total. The van der Waals surface area contributed by atoms with Gasteiger partial charge in [0.2, 0.25) is 5.03 Å². The van der Waals surface area contributed by atoms with E-state index < -0.39 is 20.9 Å². The van der Waals surface area contributed by atoms with Crippen LogP contribution in [0.4, 0.5) is 4.39 Å². The minimum absolute atomic E-state index is 0.169. The fourth-order valence-corrected chi connectivity index (χ4v) is 3.23. The number of ether oxygens (including phenoxy) is 1. The van der Waals surface area contributed by atoms with E-state index in [-0.39, 0.29) is 13.2 Å². The summed E-state index contributed by atoms with van der Waals surface area (Å²) in [7, 11) is 1.36. The highest BCUT2D eigenvalue weighted by atomic mass is 32.2. The van der Waals surface area contributed by atoms with Crippen molar-refractivity contribution in [1.29, 1.82) is 0 Å². The molecule has 120 valence electrons. The Morgan fingerprint density at radius 2 is 2.00 bits per heavy atom. The van der Waals surface area contributed by atoms with Gasteiger partial charge >= 0.3 is 0 Å². The Labute approximate surface area is 125 Å². The quantitative estimate of drug-likeness (QED) is 0.674. The molecule has 0 fully saturated rings. The third-order valence-corrected chi connectivity index (χ3v) is 4.70. The van der Waals surface area contributed by atoms with Crippen LogP contribution < -0.4 is 0 Å². The predicted octanol–water partition coefficient (Wildman–Crippen LogP) is 0.810. The smallest absolute Gasteiger partial charge is 0.263 e. The van der Waals surface area contributed by atoms with E-state index in [4.69, 9.17) is 4.74 Å². The molecule has 0 N–H and O–H groups in total. The van der Waals surface area contributed by atoms with E-state index in [2.05, 4.69) is 4.98 Å². The van der Waals surface area contributed by atoms with Gasteiger partial charge in [0, 0.05) is 26.4 Å².